The number of hydrogen-bond acceptors (Lipinski definition) is 4. The molecule has 0 aliphatic heterocycles. The molecule has 0 saturated carbocycles. The van der Waals surface area contributed by atoms with Gasteiger partial charge in [-0.2, -0.15) is 0 Å². The number of rotatable bonds is 6. The van der Waals surface area contributed by atoms with E-state index in [1.54, 1.807) is 6.92 Å². The largest absolute Gasteiger partial charge is 0.465 e. The van der Waals surface area contributed by atoms with Crippen molar-refractivity contribution in [3.05, 3.63) is 12.2 Å². The highest BCUT2D eigenvalue weighted by Gasteiger charge is 2.26. The maximum atomic E-state index is 11.3. The normalized spacial score (nSPS) is 11.7. The van der Waals surface area contributed by atoms with Crippen LogP contribution in [0.1, 0.15) is 27.2 Å². The maximum Gasteiger partial charge on any atom is 0.316 e. The zero-order chi connectivity index (χ0) is 12.0. The topological polar surface area (TPSA) is 60.4 Å². The van der Waals surface area contributed by atoms with E-state index in [9.17, 15) is 14.4 Å². The number of ether oxygens (including phenoxy) is 1. The van der Waals surface area contributed by atoms with Gasteiger partial charge in [-0.1, -0.05) is 6.58 Å². The molecule has 0 heterocycles. The fourth-order valence-corrected chi connectivity index (χ4v) is 1.03. The highest BCUT2D eigenvalue weighted by molar-refractivity contribution is 6.00. The number of Topliss-reactive ketones (excluding diaryl/α,β-unsaturated/α-hetero) is 2. The molecule has 4 heteroatoms. The van der Waals surface area contributed by atoms with Gasteiger partial charge in [0.1, 0.15) is 11.7 Å². The summed E-state index contributed by atoms with van der Waals surface area (Å²) in [5.74, 6) is -2.02. The lowest BCUT2D eigenvalue weighted by atomic mass is 9.95. The van der Waals surface area contributed by atoms with Crippen LogP contribution in [0.5, 0.6) is 0 Å². The molecular weight excluding hydrogens is 196 g/mol. The van der Waals surface area contributed by atoms with Crippen LogP contribution in [0.3, 0.4) is 0 Å². The molecule has 0 aliphatic carbocycles. The van der Waals surface area contributed by atoms with Crippen molar-refractivity contribution < 1.29 is 19.1 Å². The lowest BCUT2D eigenvalue weighted by molar-refractivity contribution is -0.151. The van der Waals surface area contributed by atoms with E-state index >= 15 is 0 Å². The van der Waals surface area contributed by atoms with E-state index in [0.29, 0.717) is 0 Å². The van der Waals surface area contributed by atoms with E-state index in [1.165, 1.54) is 13.8 Å². The molecule has 1 unspecified atom stereocenters. The summed E-state index contributed by atoms with van der Waals surface area (Å²) in [4.78, 5) is 33.4. The van der Waals surface area contributed by atoms with Crippen LogP contribution >= 0.6 is 0 Å². The van der Waals surface area contributed by atoms with Gasteiger partial charge in [0.25, 0.3) is 0 Å². The van der Waals surface area contributed by atoms with Crippen molar-refractivity contribution >= 4 is 17.5 Å². The highest BCUT2D eigenvalue weighted by atomic mass is 16.5. The number of hydrogen-bond donors (Lipinski definition) is 0. The lowest BCUT2D eigenvalue weighted by Crippen LogP contribution is -2.25. The van der Waals surface area contributed by atoms with Crippen molar-refractivity contribution in [2.24, 2.45) is 5.92 Å². The third-order valence-corrected chi connectivity index (χ3v) is 2.01. The Morgan fingerprint density at radius 2 is 1.80 bits per heavy atom. The summed E-state index contributed by atoms with van der Waals surface area (Å²) in [6, 6.07) is 0. The van der Waals surface area contributed by atoms with E-state index in [1.807, 2.05) is 0 Å². The molecule has 0 fully saturated rings. The number of carbonyl (C=O) groups is 3. The Morgan fingerprint density at radius 3 is 2.13 bits per heavy atom. The third-order valence-electron chi connectivity index (χ3n) is 2.01. The summed E-state index contributed by atoms with van der Waals surface area (Å²) in [7, 11) is 0. The second-order valence-corrected chi connectivity index (χ2v) is 3.28. The minimum atomic E-state index is -0.902. The first-order valence-corrected chi connectivity index (χ1v) is 4.75. The van der Waals surface area contributed by atoms with E-state index < -0.39 is 11.9 Å². The molecule has 0 radical (unpaired) electrons. The van der Waals surface area contributed by atoms with Gasteiger partial charge in [-0.05, 0) is 32.8 Å². The van der Waals surface area contributed by atoms with Crippen molar-refractivity contribution in [1.82, 2.24) is 0 Å². The Balaban J connectivity index is 4.55. The van der Waals surface area contributed by atoms with Crippen molar-refractivity contribution in [2.45, 2.75) is 27.2 Å². The average molecular weight is 212 g/mol. The van der Waals surface area contributed by atoms with E-state index in [4.69, 9.17) is 4.74 Å². The van der Waals surface area contributed by atoms with Gasteiger partial charge in [0.15, 0.2) is 5.78 Å². The quantitative estimate of drug-likeness (QED) is 0.378. The number of ketones is 2. The van der Waals surface area contributed by atoms with E-state index in [0.717, 1.165) is 0 Å². The molecule has 4 nitrogen and oxygen atoms in total. The van der Waals surface area contributed by atoms with Crippen LogP contribution in [-0.2, 0) is 19.1 Å². The van der Waals surface area contributed by atoms with Crippen LogP contribution < -0.4 is 0 Å². The van der Waals surface area contributed by atoms with E-state index in [2.05, 4.69) is 6.58 Å². The minimum Gasteiger partial charge on any atom is -0.465 e. The Kier molecular flexibility index (Phi) is 5.52. The van der Waals surface area contributed by atoms with E-state index in [-0.39, 0.29) is 30.2 Å². The summed E-state index contributed by atoms with van der Waals surface area (Å²) in [5, 5.41) is 0. The molecule has 15 heavy (non-hydrogen) atoms. The molecule has 0 bridgehead atoms. The SMILES string of the molecule is C=C(CC(C(C)=O)C(=O)OCC)C(C)=O. The third kappa shape index (κ3) is 4.54. The second kappa shape index (κ2) is 6.11. The Labute approximate surface area is 89.3 Å². The zero-order valence-corrected chi connectivity index (χ0v) is 9.33. The molecule has 0 aromatic heterocycles. The van der Waals surface area contributed by atoms with Crippen LogP contribution in [0.4, 0.5) is 0 Å². The number of esters is 1. The summed E-state index contributed by atoms with van der Waals surface area (Å²) in [6.45, 7) is 8.04. The molecule has 0 saturated heterocycles. The Morgan fingerprint density at radius 1 is 1.27 bits per heavy atom. The van der Waals surface area contributed by atoms with Gasteiger partial charge in [-0.25, -0.2) is 0 Å². The molecule has 1 atom stereocenters. The van der Waals surface area contributed by atoms with Crippen LogP contribution in [0.15, 0.2) is 12.2 Å². The van der Waals surface area contributed by atoms with Gasteiger partial charge in [0.2, 0.25) is 0 Å². The number of carbonyl (C=O) groups excluding carboxylic acids is 3. The predicted molar refractivity (Wildman–Crippen MR) is 55.2 cm³/mol. The average Bonchev–Trinajstić information content (AvgIpc) is 2.13. The standard InChI is InChI=1S/C11H16O4/c1-5-15-11(14)10(9(4)13)6-7(2)8(3)12/h10H,2,5-6H2,1,3-4H3. The summed E-state index contributed by atoms with van der Waals surface area (Å²) < 4.78 is 4.73. The van der Waals surface area contributed by atoms with Crippen molar-refractivity contribution in [3.63, 3.8) is 0 Å². The molecule has 0 N–H and O–H groups in total. The maximum absolute atomic E-state index is 11.3. The van der Waals surface area contributed by atoms with Crippen molar-refractivity contribution in [1.29, 1.82) is 0 Å². The second-order valence-electron chi connectivity index (χ2n) is 3.28. The summed E-state index contributed by atoms with van der Waals surface area (Å²) in [6.07, 6.45) is 0.0451. The molecule has 0 aromatic carbocycles. The first-order valence-electron chi connectivity index (χ1n) is 4.75. The van der Waals surface area contributed by atoms with Crippen LogP contribution in [0.2, 0.25) is 0 Å². The molecule has 0 aliphatic rings. The van der Waals surface area contributed by atoms with Gasteiger partial charge in [0.05, 0.1) is 6.61 Å². The number of allylic oxidation sites excluding steroid dienone is 1. The molecule has 84 valence electrons. The first-order chi connectivity index (χ1) is 6.90. The minimum absolute atomic E-state index is 0.0451. The van der Waals surface area contributed by atoms with Crippen LogP contribution in [0, 0.1) is 5.92 Å². The van der Waals surface area contributed by atoms with Gasteiger partial charge >= 0.3 is 5.97 Å². The lowest BCUT2D eigenvalue weighted by Gasteiger charge is -2.12. The molecule has 0 rings (SSSR count). The fourth-order valence-electron chi connectivity index (χ4n) is 1.03. The Bertz CT molecular complexity index is 291. The smallest absolute Gasteiger partial charge is 0.316 e. The zero-order valence-electron chi connectivity index (χ0n) is 9.33. The molecule has 0 amide bonds. The van der Waals surface area contributed by atoms with Gasteiger partial charge in [0, 0.05) is 0 Å². The van der Waals surface area contributed by atoms with Crippen LogP contribution in [0.25, 0.3) is 0 Å². The van der Waals surface area contributed by atoms with Crippen molar-refractivity contribution in [2.75, 3.05) is 6.61 Å². The molecule has 0 aromatic rings. The predicted octanol–water partition coefficient (Wildman–Crippen LogP) is 1.29. The summed E-state index contributed by atoms with van der Waals surface area (Å²) in [5.41, 5.74) is 0.267. The van der Waals surface area contributed by atoms with Gasteiger partial charge in [-0.3, -0.25) is 14.4 Å². The molecule has 0 spiro atoms. The van der Waals surface area contributed by atoms with Crippen LogP contribution in [-0.4, -0.2) is 24.1 Å². The molecular formula is C11H16O4. The monoisotopic (exact) mass is 212 g/mol. The van der Waals surface area contributed by atoms with Gasteiger partial charge < -0.3 is 4.74 Å². The Hall–Kier alpha value is -1.45. The summed E-state index contributed by atoms with van der Waals surface area (Å²) >= 11 is 0. The first kappa shape index (κ1) is 13.5. The van der Waals surface area contributed by atoms with Gasteiger partial charge in [-0.15, -0.1) is 0 Å². The fraction of sp³-hybridized carbons (Fsp3) is 0.545. The van der Waals surface area contributed by atoms with Crippen molar-refractivity contribution in [3.8, 4) is 0 Å². The highest BCUT2D eigenvalue weighted by Crippen LogP contribution is 2.14.